The van der Waals surface area contributed by atoms with Gasteiger partial charge in [-0.3, -0.25) is 19.8 Å². The molecule has 18 heavy (non-hydrogen) atoms. The molecule has 0 saturated heterocycles. The fourth-order valence-corrected chi connectivity index (χ4v) is 1.50. The monoisotopic (exact) mass is 259 g/mol. The minimum absolute atomic E-state index is 0.0150. The molecule has 0 aromatic rings. The van der Waals surface area contributed by atoms with Gasteiger partial charge in [0.1, 0.15) is 0 Å². The molecule has 1 unspecified atom stereocenters. The van der Waals surface area contributed by atoms with Crippen LogP contribution in [0.4, 0.5) is 4.79 Å². The van der Waals surface area contributed by atoms with Crippen LogP contribution in [0.2, 0.25) is 0 Å². The minimum Gasteiger partial charge on any atom is -0.465 e. The number of amides is 3. The van der Waals surface area contributed by atoms with Crippen molar-refractivity contribution in [3.05, 3.63) is 0 Å². The van der Waals surface area contributed by atoms with Gasteiger partial charge < -0.3 is 10.5 Å². The van der Waals surface area contributed by atoms with Crippen LogP contribution in [0.25, 0.3) is 0 Å². The number of nitrogens with one attached hydrogen (secondary N) is 1. The van der Waals surface area contributed by atoms with Gasteiger partial charge in [0.05, 0.1) is 19.2 Å². The van der Waals surface area contributed by atoms with Gasteiger partial charge >= 0.3 is 12.0 Å². The SMILES string of the molecule is CCOC(=O)CN(C(C)C)C(C)C(=O)NC(N)=O. The number of imide groups is 1. The van der Waals surface area contributed by atoms with Gasteiger partial charge in [-0.05, 0) is 27.7 Å². The van der Waals surface area contributed by atoms with Gasteiger partial charge in [0.15, 0.2) is 0 Å². The molecular formula is C11H21N3O4. The second kappa shape index (κ2) is 7.65. The molecule has 0 aliphatic rings. The van der Waals surface area contributed by atoms with Crippen LogP contribution in [0.3, 0.4) is 0 Å². The molecule has 0 heterocycles. The largest absolute Gasteiger partial charge is 0.465 e. The fraction of sp³-hybridized carbons (Fsp3) is 0.727. The Morgan fingerprint density at radius 2 is 1.83 bits per heavy atom. The zero-order valence-corrected chi connectivity index (χ0v) is 11.2. The first-order chi connectivity index (χ1) is 8.29. The molecule has 0 saturated carbocycles. The van der Waals surface area contributed by atoms with E-state index < -0.39 is 23.9 Å². The molecule has 3 amide bonds. The zero-order valence-electron chi connectivity index (χ0n) is 11.2. The molecule has 0 bridgehead atoms. The van der Waals surface area contributed by atoms with Gasteiger partial charge in [0, 0.05) is 6.04 Å². The lowest BCUT2D eigenvalue weighted by molar-refractivity contribution is -0.146. The molecular weight excluding hydrogens is 238 g/mol. The quantitative estimate of drug-likeness (QED) is 0.645. The topological polar surface area (TPSA) is 102 Å². The third-order valence-electron chi connectivity index (χ3n) is 2.40. The van der Waals surface area contributed by atoms with Crippen LogP contribution in [0, 0.1) is 0 Å². The highest BCUT2D eigenvalue weighted by molar-refractivity contribution is 5.96. The summed E-state index contributed by atoms with van der Waals surface area (Å²) in [6, 6.07) is -1.61. The number of hydrogen-bond acceptors (Lipinski definition) is 5. The summed E-state index contributed by atoms with van der Waals surface area (Å²) in [5.74, 6) is -0.953. The predicted octanol–water partition coefficient (Wildman–Crippen LogP) is -0.157. The standard InChI is InChI=1S/C11H21N3O4/c1-5-18-9(15)6-14(7(2)3)8(4)10(16)13-11(12)17/h7-8H,5-6H2,1-4H3,(H3,12,13,16,17). The molecule has 0 aliphatic heterocycles. The Morgan fingerprint density at radius 3 is 2.22 bits per heavy atom. The van der Waals surface area contributed by atoms with E-state index >= 15 is 0 Å². The van der Waals surface area contributed by atoms with Crippen LogP contribution in [-0.4, -0.2) is 48.0 Å². The van der Waals surface area contributed by atoms with Crippen molar-refractivity contribution >= 4 is 17.9 Å². The van der Waals surface area contributed by atoms with Crippen LogP contribution >= 0.6 is 0 Å². The van der Waals surface area contributed by atoms with E-state index in [9.17, 15) is 14.4 Å². The minimum atomic E-state index is -0.910. The van der Waals surface area contributed by atoms with Crippen LogP contribution in [0.5, 0.6) is 0 Å². The van der Waals surface area contributed by atoms with Gasteiger partial charge in [0.25, 0.3) is 0 Å². The van der Waals surface area contributed by atoms with Crippen LogP contribution in [0.1, 0.15) is 27.7 Å². The average molecular weight is 259 g/mol. The molecule has 0 aliphatic carbocycles. The summed E-state index contributed by atoms with van der Waals surface area (Å²) in [5.41, 5.74) is 4.88. The van der Waals surface area contributed by atoms with E-state index in [1.165, 1.54) is 0 Å². The summed E-state index contributed by atoms with van der Waals surface area (Å²) < 4.78 is 4.83. The molecule has 0 aromatic heterocycles. The van der Waals surface area contributed by atoms with Crippen molar-refractivity contribution < 1.29 is 19.1 Å². The lowest BCUT2D eigenvalue weighted by Gasteiger charge is -2.30. The third kappa shape index (κ3) is 5.62. The molecule has 0 fully saturated rings. The van der Waals surface area contributed by atoms with Crippen molar-refractivity contribution in [2.24, 2.45) is 5.73 Å². The smallest absolute Gasteiger partial charge is 0.320 e. The number of carbonyl (C=O) groups excluding carboxylic acids is 3. The van der Waals surface area contributed by atoms with Gasteiger partial charge in [-0.1, -0.05) is 0 Å². The second-order valence-corrected chi connectivity index (χ2v) is 4.10. The van der Waals surface area contributed by atoms with Gasteiger partial charge in [-0.25, -0.2) is 4.79 Å². The van der Waals surface area contributed by atoms with Crippen LogP contribution < -0.4 is 11.1 Å². The number of hydrogen-bond donors (Lipinski definition) is 2. The summed E-state index contributed by atoms with van der Waals surface area (Å²) in [4.78, 5) is 35.3. The zero-order chi connectivity index (χ0) is 14.3. The van der Waals surface area contributed by atoms with Crippen molar-refractivity contribution in [3.63, 3.8) is 0 Å². The maximum Gasteiger partial charge on any atom is 0.320 e. The molecule has 3 N–H and O–H groups in total. The Labute approximate surface area is 107 Å². The highest BCUT2D eigenvalue weighted by Gasteiger charge is 2.26. The van der Waals surface area contributed by atoms with Crippen molar-refractivity contribution in [3.8, 4) is 0 Å². The van der Waals surface area contributed by atoms with Crippen molar-refractivity contribution in [2.75, 3.05) is 13.2 Å². The lowest BCUT2D eigenvalue weighted by atomic mass is 10.2. The van der Waals surface area contributed by atoms with Crippen LogP contribution in [-0.2, 0) is 14.3 Å². The van der Waals surface area contributed by atoms with Crippen molar-refractivity contribution in [1.29, 1.82) is 0 Å². The molecule has 7 heteroatoms. The maximum atomic E-state index is 11.6. The van der Waals surface area contributed by atoms with Gasteiger partial charge in [0.2, 0.25) is 5.91 Å². The second-order valence-electron chi connectivity index (χ2n) is 4.10. The van der Waals surface area contributed by atoms with E-state index in [0.29, 0.717) is 0 Å². The molecule has 7 nitrogen and oxygen atoms in total. The van der Waals surface area contributed by atoms with E-state index in [-0.39, 0.29) is 19.2 Å². The summed E-state index contributed by atoms with van der Waals surface area (Å²) in [6.45, 7) is 7.25. The van der Waals surface area contributed by atoms with E-state index in [0.717, 1.165) is 0 Å². The molecule has 0 radical (unpaired) electrons. The first kappa shape index (κ1) is 16.4. The van der Waals surface area contributed by atoms with Crippen LogP contribution in [0.15, 0.2) is 0 Å². The molecule has 104 valence electrons. The Morgan fingerprint density at radius 1 is 1.28 bits per heavy atom. The lowest BCUT2D eigenvalue weighted by Crippen LogP contribution is -2.52. The van der Waals surface area contributed by atoms with Crippen molar-refractivity contribution in [2.45, 2.75) is 39.8 Å². The van der Waals surface area contributed by atoms with Crippen molar-refractivity contribution in [1.82, 2.24) is 10.2 Å². The summed E-state index contributed by atoms with van der Waals surface area (Å²) in [5, 5.41) is 1.99. The fourth-order valence-electron chi connectivity index (χ4n) is 1.50. The summed E-state index contributed by atoms with van der Waals surface area (Å²) in [6.07, 6.45) is 0. The normalized spacial score (nSPS) is 12.3. The average Bonchev–Trinajstić information content (AvgIpc) is 2.24. The van der Waals surface area contributed by atoms with E-state index in [1.807, 2.05) is 19.2 Å². The number of urea groups is 1. The van der Waals surface area contributed by atoms with Gasteiger partial charge in [-0.15, -0.1) is 0 Å². The highest BCUT2D eigenvalue weighted by Crippen LogP contribution is 2.06. The first-order valence-electron chi connectivity index (χ1n) is 5.81. The number of carbonyl (C=O) groups is 3. The predicted molar refractivity (Wildman–Crippen MR) is 65.7 cm³/mol. The number of rotatable bonds is 6. The third-order valence-corrected chi connectivity index (χ3v) is 2.40. The Hall–Kier alpha value is -1.63. The first-order valence-corrected chi connectivity index (χ1v) is 5.81. The number of primary amides is 1. The maximum absolute atomic E-state index is 11.6. The number of nitrogens with two attached hydrogens (primary N) is 1. The van der Waals surface area contributed by atoms with E-state index in [4.69, 9.17) is 10.5 Å². The Balaban J connectivity index is 4.63. The summed E-state index contributed by atoms with van der Waals surface area (Å²) in [7, 11) is 0. The Kier molecular flexibility index (Phi) is 6.96. The number of nitrogens with zero attached hydrogens (tertiary/aromatic N) is 1. The summed E-state index contributed by atoms with van der Waals surface area (Å²) >= 11 is 0. The molecule has 1 atom stereocenters. The van der Waals surface area contributed by atoms with Gasteiger partial charge in [-0.2, -0.15) is 0 Å². The molecule has 0 rings (SSSR count). The van der Waals surface area contributed by atoms with E-state index in [2.05, 4.69) is 0 Å². The Bertz CT molecular complexity index is 317. The molecule has 0 aromatic carbocycles. The number of esters is 1. The highest BCUT2D eigenvalue weighted by atomic mass is 16.5. The molecule has 0 spiro atoms. The number of ether oxygens (including phenoxy) is 1. The van der Waals surface area contributed by atoms with E-state index in [1.54, 1.807) is 18.7 Å².